The molecule has 1 aromatic rings. The summed E-state index contributed by atoms with van der Waals surface area (Å²) in [5.74, 6) is 0.892. The number of rotatable bonds is 6. The number of hydrogen-bond acceptors (Lipinski definition) is 2. The minimum Gasteiger partial charge on any atom is -0.307 e. The second kappa shape index (κ2) is 7.39. The standard InChI is InChI=1S/C13H19BrFNS/c1-4-11(8-17-3)16-9(2)12-6-5-10(15)7-13(12)14/h5-7,9,11,16H,4,8H2,1-3H3. The van der Waals surface area contributed by atoms with Crippen LogP contribution in [0.1, 0.15) is 31.9 Å². The Kier molecular flexibility index (Phi) is 6.52. The Hall–Kier alpha value is -0.0600. The number of nitrogens with one attached hydrogen (secondary N) is 1. The van der Waals surface area contributed by atoms with Gasteiger partial charge < -0.3 is 5.32 Å². The maximum Gasteiger partial charge on any atom is 0.124 e. The van der Waals surface area contributed by atoms with Crippen molar-refractivity contribution in [2.45, 2.75) is 32.4 Å². The molecule has 0 aromatic heterocycles. The maximum atomic E-state index is 13.0. The van der Waals surface area contributed by atoms with E-state index < -0.39 is 0 Å². The van der Waals surface area contributed by atoms with Crippen LogP contribution in [0, 0.1) is 5.82 Å². The van der Waals surface area contributed by atoms with Crippen LogP contribution in [-0.2, 0) is 0 Å². The summed E-state index contributed by atoms with van der Waals surface area (Å²) in [4.78, 5) is 0. The number of benzene rings is 1. The Morgan fingerprint density at radius 3 is 2.71 bits per heavy atom. The molecule has 96 valence electrons. The molecule has 0 heterocycles. The van der Waals surface area contributed by atoms with Crippen molar-refractivity contribution in [3.8, 4) is 0 Å². The molecule has 0 aliphatic heterocycles. The molecule has 0 aliphatic carbocycles. The van der Waals surface area contributed by atoms with E-state index >= 15 is 0 Å². The van der Waals surface area contributed by atoms with Crippen LogP contribution in [0.15, 0.2) is 22.7 Å². The fraction of sp³-hybridized carbons (Fsp3) is 0.538. The first-order valence-electron chi connectivity index (χ1n) is 5.78. The third-order valence-corrected chi connectivity index (χ3v) is 4.20. The summed E-state index contributed by atoms with van der Waals surface area (Å²) in [6.07, 6.45) is 3.22. The van der Waals surface area contributed by atoms with Crippen LogP contribution < -0.4 is 5.32 Å². The number of hydrogen-bond donors (Lipinski definition) is 1. The molecule has 1 rings (SSSR count). The fourth-order valence-corrected chi connectivity index (χ4v) is 3.21. The molecule has 0 fully saturated rings. The smallest absolute Gasteiger partial charge is 0.124 e. The average molecular weight is 320 g/mol. The molecule has 0 spiro atoms. The van der Waals surface area contributed by atoms with Crippen LogP contribution in [0.25, 0.3) is 0 Å². The Bertz CT molecular complexity index is 359. The van der Waals surface area contributed by atoms with Crippen molar-refractivity contribution in [2.75, 3.05) is 12.0 Å². The topological polar surface area (TPSA) is 12.0 Å². The van der Waals surface area contributed by atoms with E-state index in [-0.39, 0.29) is 11.9 Å². The molecule has 1 N–H and O–H groups in total. The second-order valence-corrected chi connectivity index (χ2v) is 5.88. The first-order valence-corrected chi connectivity index (χ1v) is 7.97. The maximum absolute atomic E-state index is 13.0. The van der Waals surface area contributed by atoms with E-state index in [9.17, 15) is 4.39 Å². The van der Waals surface area contributed by atoms with E-state index in [0.717, 1.165) is 22.2 Å². The fourth-order valence-electron chi connectivity index (χ4n) is 1.78. The van der Waals surface area contributed by atoms with Crippen LogP contribution >= 0.6 is 27.7 Å². The lowest BCUT2D eigenvalue weighted by Gasteiger charge is -2.22. The van der Waals surface area contributed by atoms with Crippen LogP contribution in [0.5, 0.6) is 0 Å². The summed E-state index contributed by atoms with van der Waals surface area (Å²) >= 11 is 5.26. The van der Waals surface area contributed by atoms with Gasteiger partial charge in [-0.25, -0.2) is 4.39 Å². The molecule has 0 bridgehead atoms. The minimum atomic E-state index is -0.205. The van der Waals surface area contributed by atoms with Gasteiger partial charge in [-0.05, 0) is 37.3 Å². The highest BCUT2D eigenvalue weighted by Crippen LogP contribution is 2.24. The van der Waals surface area contributed by atoms with Gasteiger partial charge in [0.15, 0.2) is 0 Å². The van der Waals surface area contributed by atoms with Crippen molar-refractivity contribution < 1.29 is 4.39 Å². The van der Waals surface area contributed by atoms with Crippen LogP contribution in [-0.4, -0.2) is 18.1 Å². The van der Waals surface area contributed by atoms with E-state index in [4.69, 9.17) is 0 Å². The van der Waals surface area contributed by atoms with E-state index in [1.54, 1.807) is 0 Å². The second-order valence-electron chi connectivity index (χ2n) is 4.11. The molecule has 4 heteroatoms. The van der Waals surface area contributed by atoms with Crippen molar-refractivity contribution in [3.63, 3.8) is 0 Å². The summed E-state index contributed by atoms with van der Waals surface area (Å²) in [6.45, 7) is 4.29. The molecule has 2 unspecified atom stereocenters. The van der Waals surface area contributed by atoms with Crippen molar-refractivity contribution in [1.29, 1.82) is 0 Å². The third kappa shape index (κ3) is 4.60. The summed E-state index contributed by atoms with van der Waals surface area (Å²) in [5.41, 5.74) is 1.10. The zero-order valence-corrected chi connectivity index (χ0v) is 12.9. The van der Waals surface area contributed by atoms with Crippen LogP contribution in [0.4, 0.5) is 4.39 Å². The van der Waals surface area contributed by atoms with Crippen molar-refractivity contribution in [3.05, 3.63) is 34.1 Å². The highest BCUT2D eigenvalue weighted by atomic mass is 79.9. The molecule has 0 saturated heterocycles. The number of halogens is 2. The largest absolute Gasteiger partial charge is 0.307 e. The lowest BCUT2D eigenvalue weighted by atomic mass is 10.1. The van der Waals surface area contributed by atoms with Gasteiger partial charge in [0.1, 0.15) is 5.82 Å². The molecule has 1 aromatic carbocycles. The van der Waals surface area contributed by atoms with Gasteiger partial charge in [-0.3, -0.25) is 0 Å². The van der Waals surface area contributed by atoms with Crippen molar-refractivity contribution >= 4 is 27.7 Å². The Balaban J connectivity index is 2.71. The van der Waals surface area contributed by atoms with E-state index in [0.29, 0.717) is 6.04 Å². The molecule has 2 atom stereocenters. The highest BCUT2D eigenvalue weighted by molar-refractivity contribution is 9.10. The monoisotopic (exact) mass is 319 g/mol. The highest BCUT2D eigenvalue weighted by Gasteiger charge is 2.14. The third-order valence-electron chi connectivity index (χ3n) is 2.78. The SMILES string of the molecule is CCC(CSC)NC(C)c1ccc(F)cc1Br. The molecule has 17 heavy (non-hydrogen) atoms. The average Bonchev–Trinajstić information content (AvgIpc) is 2.28. The Morgan fingerprint density at radius 2 is 2.18 bits per heavy atom. The van der Waals surface area contributed by atoms with Gasteiger partial charge in [-0.1, -0.05) is 28.9 Å². The van der Waals surface area contributed by atoms with Gasteiger partial charge in [-0.15, -0.1) is 0 Å². The Morgan fingerprint density at radius 1 is 1.47 bits per heavy atom. The molecule has 1 nitrogen and oxygen atoms in total. The summed E-state index contributed by atoms with van der Waals surface area (Å²) in [6, 6.07) is 5.58. The van der Waals surface area contributed by atoms with Gasteiger partial charge in [0, 0.05) is 22.3 Å². The van der Waals surface area contributed by atoms with Gasteiger partial charge in [-0.2, -0.15) is 11.8 Å². The minimum absolute atomic E-state index is 0.205. The van der Waals surface area contributed by atoms with E-state index in [1.807, 2.05) is 17.8 Å². The normalized spacial score (nSPS) is 14.6. The molecular weight excluding hydrogens is 301 g/mol. The first-order chi connectivity index (χ1) is 8.08. The zero-order valence-electron chi connectivity index (χ0n) is 10.5. The molecular formula is C13H19BrFNS. The zero-order chi connectivity index (χ0) is 12.8. The molecule has 0 saturated carbocycles. The first kappa shape index (κ1) is 15.0. The van der Waals surface area contributed by atoms with Crippen molar-refractivity contribution in [1.82, 2.24) is 5.32 Å². The molecule has 0 amide bonds. The van der Waals surface area contributed by atoms with E-state index in [2.05, 4.69) is 41.3 Å². The van der Waals surface area contributed by atoms with Crippen molar-refractivity contribution in [2.24, 2.45) is 0 Å². The van der Waals surface area contributed by atoms with Gasteiger partial charge in [0.2, 0.25) is 0 Å². The predicted molar refractivity (Wildman–Crippen MR) is 78.1 cm³/mol. The lowest BCUT2D eigenvalue weighted by Crippen LogP contribution is -2.33. The summed E-state index contributed by atoms with van der Waals surface area (Å²) in [7, 11) is 0. The number of thioether (sulfide) groups is 1. The Labute approximate surface area is 116 Å². The molecule has 0 aliphatic rings. The van der Waals surface area contributed by atoms with E-state index in [1.165, 1.54) is 12.1 Å². The molecule has 0 radical (unpaired) electrons. The lowest BCUT2D eigenvalue weighted by molar-refractivity contribution is 0.473. The van der Waals surface area contributed by atoms with Gasteiger partial charge in [0.25, 0.3) is 0 Å². The van der Waals surface area contributed by atoms with Crippen LogP contribution in [0.3, 0.4) is 0 Å². The predicted octanol–water partition coefficient (Wildman–Crippen LogP) is 4.38. The van der Waals surface area contributed by atoms with Gasteiger partial charge >= 0.3 is 0 Å². The van der Waals surface area contributed by atoms with Crippen LogP contribution in [0.2, 0.25) is 0 Å². The quantitative estimate of drug-likeness (QED) is 0.835. The summed E-state index contributed by atoms with van der Waals surface area (Å²) < 4.78 is 13.8. The summed E-state index contributed by atoms with van der Waals surface area (Å²) in [5, 5.41) is 3.57. The van der Waals surface area contributed by atoms with Gasteiger partial charge in [0.05, 0.1) is 0 Å².